The van der Waals surface area contributed by atoms with Gasteiger partial charge in [0.2, 0.25) is 5.96 Å². The second-order valence-corrected chi connectivity index (χ2v) is 7.89. The molecule has 1 fully saturated rings. The first-order valence-corrected chi connectivity index (χ1v) is 10.1. The maximum Gasteiger partial charge on any atom is 0.270 e. The molecule has 0 bridgehead atoms. The van der Waals surface area contributed by atoms with Crippen molar-refractivity contribution in [1.82, 2.24) is 5.32 Å². The van der Waals surface area contributed by atoms with Crippen LogP contribution >= 0.6 is 11.6 Å². The normalized spacial score (nSPS) is 15.6. The number of carbonyl (C=O) groups is 2. The summed E-state index contributed by atoms with van der Waals surface area (Å²) < 4.78 is 40.5. The third-order valence-corrected chi connectivity index (χ3v) is 5.05. The Bertz CT molecular complexity index is 974. The molecule has 0 radical (unpaired) electrons. The molecule has 164 valence electrons. The SMILES string of the molecule is CC(F)(F)c1ccc(C(=O)NC(=NC2CCC(=O)CC2)Nc2cc(F)cc(Cl)c2)cc1. The first kappa shape index (κ1) is 22.8. The quantitative estimate of drug-likeness (QED) is 0.489. The third-order valence-electron chi connectivity index (χ3n) is 4.84. The van der Waals surface area contributed by atoms with Crippen molar-refractivity contribution in [2.45, 2.75) is 44.6 Å². The minimum absolute atomic E-state index is 0.0518. The molecule has 5 nitrogen and oxygen atoms in total. The van der Waals surface area contributed by atoms with Gasteiger partial charge in [0, 0.05) is 41.6 Å². The van der Waals surface area contributed by atoms with Gasteiger partial charge in [-0.15, -0.1) is 0 Å². The average Bonchev–Trinajstić information content (AvgIpc) is 2.68. The van der Waals surface area contributed by atoms with Gasteiger partial charge in [0.1, 0.15) is 11.6 Å². The van der Waals surface area contributed by atoms with Crippen LogP contribution in [-0.4, -0.2) is 23.7 Å². The number of rotatable bonds is 4. The van der Waals surface area contributed by atoms with Crippen LogP contribution in [0, 0.1) is 5.82 Å². The van der Waals surface area contributed by atoms with E-state index in [2.05, 4.69) is 15.6 Å². The highest BCUT2D eigenvalue weighted by Crippen LogP contribution is 2.27. The number of nitrogens with zero attached hydrogens (tertiary/aromatic N) is 1. The standard InChI is InChI=1S/C22H21ClF3N3O2/c1-22(25,26)14-4-2-13(3-5-14)20(31)29-21(27-17-6-8-19(30)9-7-17)28-18-11-15(23)10-16(24)12-18/h2-5,10-12,17H,6-9H2,1H3,(H2,27,28,29,31). The Kier molecular flexibility index (Phi) is 7.00. The van der Waals surface area contributed by atoms with E-state index in [1.807, 2.05) is 0 Å². The van der Waals surface area contributed by atoms with Crippen LogP contribution in [-0.2, 0) is 10.7 Å². The molecule has 0 aliphatic heterocycles. The second kappa shape index (κ2) is 9.51. The number of anilines is 1. The first-order chi connectivity index (χ1) is 14.6. The van der Waals surface area contributed by atoms with E-state index in [4.69, 9.17) is 11.6 Å². The van der Waals surface area contributed by atoms with Gasteiger partial charge in [-0.05, 0) is 43.2 Å². The number of guanidine groups is 1. The number of ketones is 1. The molecule has 1 aliphatic rings. The topological polar surface area (TPSA) is 70.6 Å². The van der Waals surface area contributed by atoms with Gasteiger partial charge in [-0.2, -0.15) is 0 Å². The summed E-state index contributed by atoms with van der Waals surface area (Å²) in [6.45, 7) is 0.774. The van der Waals surface area contributed by atoms with Crippen LogP contribution in [0.1, 0.15) is 48.5 Å². The van der Waals surface area contributed by atoms with Crippen LogP contribution in [0.2, 0.25) is 5.02 Å². The number of alkyl halides is 2. The molecule has 0 aromatic heterocycles. The van der Waals surface area contributed by atoms with Crippen LogP contribution in [0.15, 0.2) is 47.5 Å². The van der Waals surface area contributed by atoms with Crippen molar-refractivity contribution in [1.29, 1.82) is 0 Å². The molecule has 9 heteroatoms. The summed E-state index contributed by atoms with van der Waals surface area (Å²) in [6.07, 6.45) is 1.86. The number of hydrogen-bond donors (Lipinski definition) is 2. The van der Waals surface area contributed by atoms with E-state index < -0.39 is 17.6 Å². The van der Waals surface area contributed by atoms with Crippen LogP contribution < -0.4 is 10.6 Å². The summed E-state index contributed by atoms with van der Waals surface area (Å²) in [5.41, 5.74) is 0.216. The second-order valence-electron chi connectivity index (χ2n) is 7.45. The predicted molar refractivity (Wildman–Crippen MR) is 113 cm³/mol. The number of carbonyl (C=O) groups excluding carboxylic acids is 2. The lowest BCUT2D eigenvalue weighted by atomic mass is 9.95. The molecule has 0 unspecified atom stereocenters. The number of hydrogen-bond acceptors (Lipinski definition) is 3. The maximum atomic E-state index is 13.7. The Morgan fingerprint density at radius 2 is 1.77 bits per heavy atom. The van der Waals surface area contributed by atoms with E-state index in [1.54, 1.807) is 0 Å². The van der Waals surface area contributed by atoms with E-state index in [0.29, 0.717) is 25.7 Å². The van der Waals surface area contributed by atoms with E-state index in [-0.39, 0.29) is 39.6 Å². The molecular weight excluding hydrogens is 431 g/mol. The molecule has 0 heterocycles. The molecule has 1 saturated carbocycles. The van der Waals surface area contributed by atoms with Crippen molar-refractivity contribution in [2.75, 3.05) is 5.32 Å². The summed E-state index contributed by atoms with van der Waals surface area (Å²) in [5, 5.41) is 5.60. The maximum absolute atomic E-state index is 13.7. The molecule has 1 amide bonds. The van der Waals surface area contributed by atoms with Crippen molar-refractivity contribution in [3.63, 3.8) is 0 Å². The van der Waals surface area contributed by atoms with E-state index in [9.17, 15) is 22.8 Å². The third kappa shape index (κ3) is 6.55. The summed E-state index contributed by atoms with van der Waals surface area (Å²) in [4.78, 5) is 28.6. The average molecular weight is 452 g/mol. The highest BCUT2D eigenvalue weighted by Gasteiger charge is 2.24. The van der Waals surface area contributed by atoms with Gasteiger partial charge in [-0.3, -0.25) is 14.9 Å². The van der Waals surface area contributed by atoms with Gasteiger partial charge >= 0.3 is 0 Å². The molecule has 2 aromatic rings. The van der Waals surface area contributed by atoms with Crippen molar-refractivity contribution in [3.8, 4) is 0 Å². The zero-order valence-corrected chi connectivity index (χ0v) is 17.5. The fourth-order valence-electron chi connectivity index (χ4n) is 3.19. The van der Waals surface area contributed by atoms with Gasteiger partial charge in [0.15, 0.2) is 0 Å². The molecule has 1 aliphatic carbocycles. The molecule has 2 aromatic carbocycles. The number of aliphatic imine (C=N–C) groups is 1. The monoisotopic (exact) mass is 451 g/mol. The molecule has 3 rings (SSSR count). The number of amides is 1. The molecular formula is C22H21ClF3N3O2. The summed E-state index contributed by atoms with van der Waals surface area (Å²) in [6, 6.07) is 8.53. The highest BCUT2D eigenvalue weighted by atomic mass is 35.5. The Morgan fingerprint density at radius 1 is 1.13 bits per heavy atom. The molecule has 2 N–H and O–H groups in total. The zero-order chi connectivity index (χ0) is 22.6. The number of benzene rings is 2. The molecule has 0 spiro atoms. The lowest BCUT2D eigenvalue weighted by Gasteiger charge is -2.20. The van der Waals surface area contributed by atoms with E-state index >= 15 is 0 Å². The van der Waals surface area contributed by atoms with Gasteiger partial charge < -0.3 is 5.32 Å². The lowest BCUT2D eigenvalue weighted by Crippen LogP contribution is -2.37. The van der Waals surface area contributed by atoms with Gasteiger partial charge in [0.25, 0.3) is 11.8 Å². The van der Waals surface area contributed by atoms with Crippen LogP contribution in [0.5, 0.6) is 0 Å². The van der Waals surface area contributed by atoms with Crippen LogP contribution in [0.3, 0.4) is 0 Å². The van der Waals surface area contributed by atoms with E-state index in [1.165, 1.54) is 36.4 Å². The van der Waals surface area contributed by atoms with Crippen LogP contribution in [0.4, 0.5) is 18.9 Å². The lowest BCUT2D eigenvalue weighted by molar-refractivity contribution is -0.120. The Morgan fingerprint density at radius 3 is 2.35 bits per heavy atom. The molecule has 0 saturated heterocycles. The van der Waals surface area contributed by atoms with Gasteiger partial charge in [-0.1, -0.05) is 23.7 Å². The Labute approximate surface area is 182 Å². The molecule has 0 atom stereocenters. The smallest absolute Gasteiger partial charge is 0.270 e. The predicted octanol–water partition coefficient (Wildman–Crippen LogP) is 5.30. The largest absolute Gasteiger partial charge is 0.326 e. The fourth-order valence-corrected chi connectivity index (χ4v) is 3.41. The summed E-state index contributed by atoms with van der Waals surface area (Å²) in [7, 11) is 0. The van der Waals surface area contributed by atoms with Crippen LogP contribution in [0.25, 0.3) is 0 Å². The summed E-state index contributed by atoms with van der Waals surface area (Å²) >= 11 is 5.89. The highest BCUT2D eigenvalue weighted by molar-refractivity contribution is 6.31. The number of Topliss-reactive ketones (excluding diaryl/α,β-unsaturated/α-hetero) is 1. The zero-order valence-electron chi connectivity index (χ0n) is 16.7. The van der Waals surface area contributed by atoms with Crippen molar-refractivity contribution in [2.24, 2.45) is 4.99 Å². The fraction of sp³-hybridized carbons (Fsp3) is 0.318. The van der Waals surface area contributed by atoms with E-state index in [0.717, 1.165) is 13.0 Å². The Hall–Kier alpha value is -2.87. The minimum Gasteiger partial charge on any atom is -0.326 e. The first-order valence-electron chi connectivity index (χ1n) is 9.72. The van der Waals surface area contributed by atoms with Gasteiger partial charge in [0.05, 0.1) is 6.04 Å². The van der Waals surface area contributed by atoms with Gasteiger partial charge in [-0.25, -0.2) is 18.2 Å². The van der Waals surface area contributed by atoms with Crippen molar-refractivity contribution < 1.29 is 22.8 Å². The molecule has 31 heavy (non-hydrogen) atoms. The Balaban J connectivity index is 1.81. The van der Waals surface area contributed by atoms with Crippen molar-refractivity contribution in [3.05, 3.63) is 64.4 Å². The summed E-state index contributed by atoms with van der Waals surface area (Å²) in [5.74, 6) is -3.95. The number of halogens is 4. The number of nitrogens with one attached hydrogen (secondary N) is 2. The van der Waals surface area contributed by atoms with Crippen molar-refractivity contribution >= 4 is 34.9 Å². The minimum atomic E-state index is -3.02.